The molecule has 2 aromatic carbocycles. The van der Waals surface area contributed by atoms with Crippen molar-refractivity contribution >= 4 is 17.5 Å². The molecule has 7 nitrogen and oxygen atoms in total. The van der Waals surface area contributed by atoms with E-state index in [0.29, 0.717) is 35.6 Å². The summed E-state index contributed by atoms with van der Waals surface area (Å²) in [5.41, 5.74) is 3.79. The molecule has 0 radical (unpaired) electrons. The van der Waals surface area contributed by atoms with Crippen LogP contribution in [-0.2, 0) is 14.3 Å². The first kappa shape index (κ1) is 23.5. The zero-order valence-corrected chi connectivity index (χ0v) is 20.1. The number of carbonyl (C=O) groups is 2. The van der Waals surface area contributed by atoms with Crippen LogP contribution in [0, 0.1) is 5.92 Å². The summed E-state index contributed by atoms with van der Waals surface area (Å²) in [5, 5.41) is 0. The number of carbonyl (C=O) groups excluding carboxylic acids is 2. The van der Waals surface area contributed by atoms with Crippen molar-refractivity contribution in [2.24, 2.45) is 10.9 Å². The fourth-order valence-electron chi connectivity index (χ4n) is 5.01. The smallest absolute Gasteiger partial charge is 0.315 e. The number of rotatable bonds is 6. The number of hydrogen-bond acceptors (Lipinski definition) is 7. The van der Waals surface area contributed by atoms with E-state index < -0.39 is 17.8 Å². The number of ketones is 1. The summed E-state index contributed by atoms with van der Waals surface area (Å²) >= 11 is 0. The van der Waals surface area contributed by atoms with Crippen LogP contribution < -0.4 is 14.2 Å². The predicted molar refractivity (Wildman–Crippen MR) is 128 cm³/mol. The molecule has 0 spiro atoms. The quantitative estimate of drug-likeness (QED) is 0.588. The standard InChI is InChI=1S/C27H29NO6/c1-15-24(27(30)34-5)25(17-8-11-22(32-3)23(14-17)33-4)26-20(28-15)12-18(13-21(26)29)16-6-9-19(31-2)10-7-16/h6-11,14,18,24-25H,12-13H2,1-5H3/t18-,24?,25+/m0/s1. The SMILES string of the molecule is COC(=O)C1C(C)=NC2=C(C(=O)C[C@@H](c3ccc(OC)cc3)C2)[C@@H]1c1ccc(OC)c(OC)c1. The Morgan fingerprint density at radius 3 is 2.18 bits per heavy atom. The molecular formula is C27H29NO6. The summed E-state index contributed by atoms with van der Waals surface area (Å²) in [6.07, 6.45) is 0.958. The molecule has 178 valence electrons. The largest absolute Gasteiger partial charge is 0.497 e. The van der Waals surface area contributed by atoms with Crippen molar-refractivity contribution in [1.82, 2.24) is 0 Å². The van der Waals surface area contributed by atoms with Crippen molar-refractivity contribution < 1.29 is 28.5 Å². The zero-order chi connectivity index (χ0) is 24.4. The molecule has 3 atom stereocenters. The summed E-state index contributed by atoms with van der Waals surface area (Å²) in [5.74, 6) is 0.259. The second-order valence-electron chi connectivity index (χ2n) is 8.51. The number of ether oxygens (including phenoxy) is 4. The second-order valence-corrected chi connectivity index (χ2v) is 8.51. The van der Waals surface area contributed by atoms with Crippen molar-refractivity contribution in [3.8, 4) is 17.2 Å². The van der Waals surface area contributed by atoms with Gasteiger partial charge in [-0.1, -0.05) is 18.2 Å². The molecule has 0 N–H and O–H groups in total. The Morgan fingerprint density at radius 1 is 0.882 bits per heavy atom. The predicted octanol–water partition coefficient (Wildman–Crippen LogP) is 4.46. The fraction of sp³-hybridized carbons (Fsp3) is 0.370. The van der Waals surface area contributed by atoms with Crippen LogP contribution >= 0.6 is 0 Å². The lowest BCUT2D eigenvalue weighted by atomic mass is 9.69. The molecule has 1 aliphatic carbocycles. The van der Waals surface area contributed by atoms with E-state index in [4.69, 9.17) is 23.9 Å². The Kier molecular flexibility index (Phi) is 6.72. The Labute approximate surface area is 199 Å². The van der Waals surface area contributed by atoms with Gasteiger partial charge in [0.25, 0.3) is 0 Å². The van der Waals surface area contributed by atoms with Crippen molar-refractivity contribution in [2.45, 2.75) is 31.6 Å². The van der Waals surface area contributed by atoms with E-state index in [-0.39, 0.29) is 11.7 Å². The van der Waals surface area contributed by atoms with Crippen LogP contribution in [0.25, 0.3) is 0 Å². The first-order valence-corrected chi connectivity index (χ1v) is 11.2. The Balaban J connectivity index is 1.80. The van der Waals surface area contributed by atoms with Gasteiger partial charge < -0.3 is 18.9 Å². The number of aliphatic imine (C=N–C) groups is 1. The topological polar surface area (TPSA) is 83.4 Å². The van der Waals surface area contributed by atoms with Crippen LogP contribution in [0.15, 0.2) is 58.7 Å². The van der Waals surface area contributed by atoms with Crippen molar-refractivity contribution in [3.05, 3.63) is 64.9 Å². The number of methoxy groups -OCH3 is 4. The van der Waals surface area contributed by atoms with Gasteiger partial charge in [0.1, 0.15) is 11.7 Å². The summed E-state index contributed by atoms with van der Waals surface area (Å²) in [6.45, 7) is 1.82. The summed E-state index contributed by atoms with van der Waals surface area (Å²) in [7, 11) is 6.11. The third-order valence-electron chi connectivity index (χ3n) is 6.70. The van der Waals surface area contributed by atoms with E-state index in [2.05, 4.69) is 0 Å². The maximum Gasteiger partial charge on any atom is 0.315 e. The highest BCUT2D eigenvalue weighted by Crippen LogP contribution is 2.48. The maximum atomic E-state index is 13.6. The first-order valence-electron chi connectivity index (χ1n) is 11.2. The van der Waals surface area contributed by atoms with Gasteiger partial charge in [0, 0.05) is 29.3 Å². The molecule has 0 aromatic heterocycles. The molecule has 34 heavy (non-hydrogen) atoms. The number of allylic oxidation sites excluding steroid dienone is 2. The van der Waals surface area contributed by atoms with Crippen LogP contribution in [0.3, 0.4) is 0 Å². The van der Waals surface area contributed by atoms with E-state index >= 15 is 0 Å². The van der Waals surface area contributed by atoms with Crippen LogP contribution in [0.2, 0.25) is 0 Å². The molecule has 7 heteroatoms. The molecule has 0 fully saturated rings. The van der Waals surface area contributed by atoms with Gasteiger partial charge in [0.05, 0.1) is 28.4 Å². The molecule has 1 unspecified atom stereocenters. The van der Waals surface area contributed by atoms with Crippen LogP contribution in [0.1, 0.15) is 42.7 Å². The molecule has 0 bridgehead atoms. The maximum absolute atomic E-state index is 13.6. The Hall–Kier alpha value is -3.61. The minimum Gasteiger partial charge on any atom is -0.497 e. The summed E-state index contributed by atoms with van der Waals surface area (Å²) < 4.78 is 21.2. The second kappa shape index (κ2) is 9.71. The van der Waals surface area contributed by atoms with Crippen molar-refractivity contribution in [3.63, 3.8) is 0 Å². The average Bonchev–Trinajstić information content (AvgIpc) is 2.86. The lowest BCUT2D eigenvalue weighted by Crippen LogP contribution is -2.37. The lowest BCUT2D eigenvalue weighted by molar-refractivity contribution is -0.143. The van der Waals surface area contributed by atoms with Crippen LogP contribution in [0.5, 0.6) is 17.2 Å². The molecule has 1 aliphatic heterocycles. The van der Waals surface area contributed by atoms with Gasteiger partial charge in [-0.3, -0.25) is 14.6 Å². The van der Waals surface area contributed by atoms with Gasteiger partial charge in [-0.25, -0.2) is 0 Å². The monoisotopic (exact) mass is 463 g/mol. The molecule has 1 heterocycles. The van der Waals surface area contributed by atoms with Gasteiger partial charge in [0.15, 0.2) is 17.3 Å². The van der Waals surface area contributed by atoms with Gasteiger partial charge in [0.2, 0.25) is 0 Å². The van der Waals surface area contributed by atoms with Gasteiger partial charge >= 0.3 is 5.97 Å². The van der Waals surface area contributed by atoms with E-state index in [1.165, 1.54) is 7.11 Å². The molecule has 4 rings (SSSR count). The average molecular weight is 464 g/mol. The number of esters is 1. The van der Waals surface area contributed by atoms with Crippen molar-refractivity contribution in [1.29, 1.82) is 0 Å². The molecule has 0 saturated carbocycles. The molecule has 2 aliphatic rings. The van der Waals surface area contributed by atoms with E-state index in [9.17, 15) is 9.59 Å². The fourth-order valence-corrected chi connectivity index (χ4v) is 5.01. The first-order chi connectivity index (χ1) is 16.4. The summed E-state index contributed by atoms with van der Waals surface area (Å²) in [4.78, 5) is 31.2. The highest BCUT2D eigenvalue weighted by molar-refractivity contribution is 6.09. The number of hydrogen-bond donors (Lipinski definition) is 0. The Morgan fingerprint density at radius 2 is 1.56 bits per heavy atom. The van der Waals surface area contributed by atoms with Crippen molar-refractivity contribution in [2.75, 3.05) is 28.4 Å². The number of Topliss-reactive ketones (excluding diaryl/α,β-unsaturated/α-hetero) is 1. The van der Waals surface area contributed by atoms with Gasteiger partial charge in [-0.2, -0.15) is 0 Å². The third-order valence-corrected chi connectivity index (χ3v) is 6.70. The minimum atomic E-state index is -0.691. The molecular weight excluding hydrogens is 434 g/mol. The van der Waals surface area contributed by atoms with E-state index in [1.54, 1.807) is 27.4 Å². The Bertz CT molecular complexity index is 1160. The number of nitrogens with zero attached hydrogens (tertiary/aromatic N) is 1. The molecule has 0 saturated heterocycles. The van der Waals surface area contributed by atoms with Crippen LogP contribution in [0.4, 0.5) is 0 Å². The van der Waals surface area contributed by atoms with Gasteiger partial charge in [-0.15, -0.1) is 0 Å². The van der Waals surface area contributed by atoms with E-state index in [0.717, 1.165) is 22.6 Å². The lowest BCUT2D eigenvalue weighted by Gasteiger charge is -2.36. The van der Waals surface area contributed by atoms with Crippen LogP contribution in [-0.4, -0.2) is 45.9 Å². The minimum absolute atomic E-state index is 0.00740. The summed E-state index contributed by atoms with van der Waals surface area (Å²) in [6, 6.07) is 13.3. The highest BCUT2D eigenvalue weighted by Gasteiger charge is 2.44. The normalized spacial score (nSPS) is 22.0. The highest BCUT2D eigenvalue weighted by atomic mass is 16.5. The molecule has 2 aromatic rings. The third kappa shape index (κ3) is 4.18. The van der Waals surface area contributed by atoms with Gasteiger partial charge in [-0.05, 0) is 54.7 Å². The zero-order valence-electron chi connectivity index (χ0n) is 20.1. The van der Waals surface area contributed by atoms with E-state index in [1.807, 2.05) is 43.3 Å². The number of benzene rings is 2. The molecule has 0 amide bonds.